The normalized spacial score (nSPS) is 11.0. The smallest absolute Gasteiger partial charge is 0.144 e. The van der Waals surface area contributed by atoms with Crippen molar-refractivity contribution < 1.29 is 0 Å². The zero-order chi connectivity index (χ0) is 15.4. The molecule has 0 aliphatic heterocycles. The van der Waals surface area contributed by atoms with Crippen LogP contribution in [-0.2, 0) is 5.75 Å². The Labute approximate surface area is 139 Å². The molecule has 21 heavy (non-hydrogen) atoms. The Morgan fingerprint density at radius 2 is 1.95 bits per heavy atom. The molecule has 1 aromatic heterocycles. The monoisotopic (exact) mass is 365 g/mol. The molecule has 2 rings (SSSR count). The zero-order valence-electron chi connectivity index (χ0n) is 12.8. The lowest BCUT2D eigenvalue weighted by Crippen LogP contribution is -2.06. The van der Waals surface area contributed by atoms with Crippen LogP contribution in [0, 0.1) is 6.92 Å². The molecular weight excluding hydrogens is 346 g/mol. The number of benzene rings is 1. The minimum Gasteiger partial charge on any atom is -0.372 e. The number of thioether (sulfide) groups is 1. The second-order valence-electron chi connectivity index (χ2n) is 5.15. The van der Waals surface area contributed by atoms with E-state index in [9.17, 15) is 0 Å². The maximum atomic E-state index is 4.71. The molecule has 0 radical (unpaired) electrons. The van der Waals surface area contributed by atoms with Crippen molar-refractivity contribution in [3.8, 4) is 0 Å². The van der Waals surface area contributed by atoms with Gasteiger partial charge in [0, 0.05) is 11.9 Å². The van der Waals surface area contributed by atoms with Crippen molar-refractivity contribution in [2.24, 2.45) is 0 Å². The summed E-state index contributed by atoms with van der Waals surface area (Å²) in [6.07, 6.45) is 0. The van der Waals surface area contributed by atoms with Crippen LogP contribution in [0.15, 0.2) is 33.6 Å². The minimum atomic E-state index is 0.358. The number of hydrogen-bond acceptors (Lipinski definition) is 4. The second kappa shape index (κ2) is 7.27. The zero-order valence-corrected chi connectivity index (χ0v) is 15.2. The molecule has 0 bridgehead atoms. The average molecular weight is 366 g/mol. The molecule has 112 valence electrons. The molecule has 1 aromatic carbocycles. The van der Waals surface area contributed by atoms with Gasteiger partial charge >= 0.3 is 0 Å². The van der Waals surface area contributed by atoms with Crippen LogP contribution in [0.4, 0.5) is 5.82 Å². The highest BCUT2D eigenvalue weighted by molar-refractivity contribution is 9.10. The molecule has 0 unspecified atom stereocenters. The van der Waals surface area contributed by atoms with Gasteiger partial charge in [-0.1, -0.05) is 32.0 Å². The highest BCUT2D eigenvalue weighted by atomic mass is 79.9. The number of anilines is 1. The number of hydrogen-bond donors (Lipinski definition) is 1. The van der Waals surface area contributed by atoms with Crippen LogP contribution < -0.4 is 5.32 Å². The van der Waals surface area contributed by atoms with Crippen LogP contribution in [0.25, 0.3) is 0 Å². The molecule has 0 spiro atoms. The van der Waals surface area contributed by atoms with E-state index in [-0.39, 0.29) is 0 Å². The number of nitrogens with zero attached hydrogens (tertiary/aromatic N) is 2. The van der Waals surface area contributed by atoms with Crippen LogP contribution in [0.2, 0.25) is 0 Å². The van der Waals surface area contributed by atoms with Crippen molar-refractivity contribution in [3.63, 3.8) is 0 Å². The largest absolute Gasteiger partial charge is 0.372 e. The van der Waals surface area contributed by atoms with Gasteiger partial charge in [-0.25, -0.2) is 9.97 Å². The number of rotatable bonds is 5. The van der Waals surface area contributed by atoms with Crippen molar-refractivity contribution in [2.45, 2.75) is 37.3 Å². The van der Waals surface area contributed by atoms with Crippen molar-refractivity contribution in [1.82, 2.24) is 9.97 Å². The standard InChI is InChI=1S/C16H20BrN3S/c1-10(2)15-14(17)16(18-4)20-13(19-15)9-21-12-8-6-5-7-11(12)3/h5-8,10H,9H2,1-4H3,(H,18,19,20). The Balaban J connectivity index is 2.24. The molecule has 0 aliphatic rings. The summed E-state index contributed by atoms with van der Waals surface area (Å²) in [5.41, 5.74) is 2.34. The third-order valence-corrected chi connectivity index (χ3v) is 5.11. The second-order valence-corrected chi connectivity index (χ2v) is 6.96. The van der Waals surface area contributed by atoms with Gasteiger partial charge in [0.1, 0.15) is 11.6 Å². The van der Waals surface area contributed by atoms with Crippen LogP contribution in [-0.4, -0.2) is 17.0 Å². The number of nitrogens with one attached hydrogen (secondary N) is 1. The lowest BCUT2D eigenvalue weighted by atomic mass is 10.1. The molecule has 3 nitrogen and oxygen atoms in total. The van der Waals surface area contributed by atoms with E-state index in [1.807, 2.05) is 7.05 Å². The predicted octanol–water partition coefficient (Wildman–Crippen LogP) is 5.00. The van der Waals surface area contributed by atoms with E-state index >= 15 is 0 Å². The Bertz CT molecular complexity index is 629. The summed E-state index contributed by atoms with van der Waals surface area (Å²) in [6.45, 7) is 6.42. The Morgan fingerprint density at radius 1 is 1.24 bits per heavy atom. The van der Waals surface area contributed by atoms with Crippen molar-refractivity contribution in [1.29, 1.82) is 0 Å². The van der Waals surface area contributed by atoms with E-state index < -0.39 is 0 Å². The fraction of sp³-hybridized carbons (Fsp3) is 0.375. The molecule has 5 heteroatoms. The van der Waals surface area contributed by atoms with Crippen LogP contribution in [0.1, 0.15) is 36.8 Å². The van der Waals surface area contributed by atoms with Gasteiger partial charge in [0.05, 0.1) is 15.9 Å². The molecule has 2 aromatic rings. The average Bonchev–Trinajstić information content (AvgIpc) is 2.47. The molecule has 0 fully saturated rings. The van der Waals surface area contributed by atoms with E-state index in [0.717, 1.165) is 27.6 Å². The van der Waals surface area contributed by atoms with E-state index in [2.05, 4.69) is 71.3 Å². The molecule has 1 heterocycles. The third kappa shape index (κ3) is 3.98. The van der Waals surface area contributed by atoms with Crippen LogP contribution >= 0.6 is 27.7 Å². The molecule has 0 atom stereocenters. The first-order chi connectivity index (χ1) is 10.0. The predicted molar refractivity (Wildman–Crippen MR) is 94.1 cm³/mol. The third-order valence-electron chi connectivity index (χ3n) is 3.16. The van der Waals surface area contributed by atoms with Gasteiger partial charge in [-0.15, -0.1) is 11.8 Å². The molecule has 0 saturated carbocycles. The van der Waals surface area contributed by atoms with E-state index in [1.165, 1.54) is 10.5 Å². The van der Waals surface area contributed by atoms with Crippen LogP contribution in [0.5, 0.6) is 0 Å². The highest BCUT2D eigenvalue weighted by Gasteiger charge is 2.14. The lowest BCUT2D eigenvalue weighted by molar-refractivity contribution is 0.793. The van der Waals surface area contributed by atoms with Crippen molar-refractivity contribution in [3.05, 3.63) is 45.8 Å². The molecule has 0 aliphatic carbocycles. The number of halogens is 1. The summed E-state index contributed by atoms with van der Waals surface area (Å²) < 4.78 is 0.963. The summed E-state index contributed by atoms with van der Waals surface area (Å²) in [5, 5.41) is 3.13. The first kappa shape index (κ1) is 16.3. The Morgan fingerprint density at radius 3 is 2.57 bits per heavy atom. The number of aromatic nitrogens is 2. The maximum Gasteiger partial charge on any atom is 0.144 e. The van der Waals surface area contributed by atoms with Gasteiger partial charge < -0.3 is 5.32 Å². The van der Waals surface area contributed by atoms with Gasteiger partial charge in [-0.3, -0.25) is 0 Å². The SMILES string of the molecule is CNc1nc(CSc2ccccc2C)nc(C(C)C)c1Br. The van der Waals surface area contributed by atoms with E-state index in [4.69, 9.17) is 4.98 Å². The minimum absolute atomic E-state index is 0.358. The van der Waals surface area contributed by atoms with Crippen molar-refractivity contribution in [2.75, 3.05) is 12.4 Å². The summed E-state index contributed by atoms with van der Waals surface area (Å²) in [7, 11) is 1.88. The van der Waals surface area contributed by atoms with E-state index in [0.29, 0.717) is 5.92 Å². The molecular formula is C16H20BrN3S. The van der Waals surface area contributed by atoms with Gasteiger partial charge in [0.25, 0.3) is 0 Å². The molecule has 1 N–H and O–H groups in total. The first-order valence-electron chi connectivity index (χ1n) is 6.95. The Kier molecular flexibility index (Phi) is 5.65. The quantitative estimate of drug-likeness (QED) is 0.756. The van der Waals surface area contributed by atoms with E-state index in [1.54, 1.807) is 11.8 Å². The summed E-state index contributed by atoms with van der Waals surface area (Å²) >= 11 is 5.37. The van der Waals surface area contributed by atoms with Crippen molar-refractivity contribution >= 4 is 33.5 Å². The highest BCUT2D eigenvalue weighted by Crippen LogP contribution is 2.31. The van der Waals surface area contributed by atoms with Gasteiger partial charge in [0.2, 0.25) is 0 Å². The topological polar surface area (TPSA) is 37.8 Å². The van der Waals surface area contributed by atoms with Crippen LogP contribution in [0.3, 0.4) is 0 Å². The van der Waals surface area contributed by atoms with Gasteiger partial charge in [-0.2, -0.15) is 0 Å². The fourth-order valence-corrected chi connectivity index (χ4v) is 3.70. The Hall–Kier alpha value is -1.07. The molecule has 0 amide bonds. The summed E-state index contributed by atoms with van der Waals surface area (Å²) in [5.74, 6) is 2.84. The van der Waals surface area contributed by atoms with Gasteiger partial charge in [-0.05, 0) is 40.4 Å². The molecule has 0 saturated heterocycles. The maximum absolute atomic E-state index is 4.71. The number of aryl methyl sites for hydroxylation is 1. The summed E-state index contributed by atoms with van der Waals surface area (Å²) in [4.78, 5) is 10.6. The summed E-state index contributed by atoms with van der Waals surface area (Å²) in [6, 6.07) is 8.40. The first-order valence-corrected chi connectivity index (χ1v) is 8.73. The fourth-order valence-electron chi connectivity index (χ4n) is 1.99. The van der Waals surface area contributed by atoms with Gasteiger partial charge in [0.15, 0.2) is 0 Å². The lowest BCUT2D eigenvalue weighted by Gasteiger charge is -2.13.